The molecule has 4 nitrogen and oxygen atoms in total. The lowest BCUT2D eigenvalue weighted by molar-refractivity contribution is 0.0505. The first-order valence-electron chi connectivity index (χ1n) is 7.17. The second-order valence-corrected chi connectivity index (χ2v) is 5.84. The number of carbonyl (C=O) groups is 1. The molecular formula is C16H20N2O2S. The Morgan fingerprint density at radius 1 is 1.29 bits per heavy atom. The number of anilines is 1. The van der Waals surface area contributed by atoms with E-state index in [0.717, 1.165) is 30.1 Å². The molecule has 0 saturated carbocycles. The molecule has 0 radical (unpaired) electrons. The van der Waals surface area contributed by atoms with Crippen molar-refractivity contribution in [2.45, 2.75) is 33.2 Å². The molecule has 2 rings (SSSR count). The van der Waals surface area contributed by atoms with Crippen LogP contribution in [0.5, 0.6) is 0 Å². The number of aryl methyl sites for hydroxylation is 1. The summed E-state index contributed by atoms with van der Waals surface area (Å²) >= 11 is 1.72. The molecule has 0 bridgehead atoms. The highest BCUT2D eigenvalue weighted by Crippen LogP contribution is 2.16. The van der Waals surface area contributed by atoms with Crippen molar-refractivity contribution in [3.8, 4) is 0 Å². The Morgan fingerprint density at radius 3 is 2.67 bits per heavy atom. The fraction of sp³-hybridized carbons (Fsp3) is 0.375. The summed E-state index contributed by atoms with van der Waals surface area (Å²) in [6, 6.07) is 7.35. The molecule has 1 N–H and O–H groups in total. The number of nitrogens with zero attached hydrogens (tertiary/aromatic N) is 1. The molecule has 0 aliphatic carbocycles. The Kier molecular flexibility index (Phi) is 5.75. The van der Waals surface area contributed by atoms with Gasteiger partial charge in [-0.25, -0.2) is 9.78 Å². The van der Waals surface area contributed by atoms with Crippen molar-refractivity contribution in [1.29, 1.82) is 0 Å². The highest BCUT2D eigenvalue weighted by Gasteiger charge is 2.06. The lowest BCUT2D eigenvalue weighted by Crippen LogP contribution is -2.06. The van der Waals surface area contributed by atoms with Crippen LogP contribution in [-0.2, 0) is 17.7 Å². The van der Waals surface area contributed by atoms with E-state index in [0.29, 0.717) is 12.2 Å². The lowest BCUT2D eigenvalue weighted by atomic mass is 10.2. The number of carbonyl (C=O) groups excluding carboxylic acids is 1. The monoisotopic (exact) mass is 304 g/mol. The van der Waals surface area contributed by atoms with Crippen LogP contribution in [0.15, 0.2) is 30.5 Å². The first-order valence-corrected chi connectivity index (χ1v) is 7.99. The molecule has 1 aromatic carbocycles. The number of nitrogens with one attached hydrogen (secondary N) is 1. The molecule has 2 aromatic rings. The molecule has 0 saturated heterocycles. The summed E-state index contributed by atoms with van der Waals surface area (Å²) < 4.78 is 5.10. The normalized spacial score (nSPS) is 10.4. The fourth-order valence-corrected chi connectivity index (χ4v) is 2.59. The number of hydrogen-bond acceptors (Lipinski definition) is 5. The van der Waals surface area contributed by atoms with Crippen LogP contribution in [0.2, 0.25) is 0 Å². The zero-order valence-electron chi connectivity index (χ0n) is 12.4. The van der Waals surface area contributed by atoms with E-state index in [-0.39, 0.29) is 5.97 Å². The Balaban J connectivity index is 1.88. The average molecular weight is 304 g/mol. The first kappa shape index (κ1) is 15.5. The fourth-order valence-electron chi connectivity index (χ4n) is 1.78. The number of aromatic nitrogens is 1. The van der Waals surface area contributed by atoms with E-state index >= 15 is 0 Å². The Hall–Kier alpha value is -1.88. The van der Waals surface area contributed by atoms with Gasteiger partial charge in [0.15, 0.2) is 0 Å². The maximum atomic E-state index is 11.7. The standard InChI is InChI=1S/C16H20N2O2S/c1-3-9-20-16(19)12-5-7-13(8-6-12)17-10-14-11-18-15(4-2)21-14/h5-8,11,17H,3-4,9-10H2,1-2H3. The highest BCUT2D eigenvalue weighted by atomic mass is 32.1. The molecule has 1 aromatic heterocycles. The second-order valence-electron chi connectivity index (χ2n) is 4.64. The predicted molar refractivity (Wildman–Crippen MR) is 85.8 cm³/mol. The molecule has 1 heterocycles. The van der Waals surface area contributed by atoms with Gasteiger partial charge in [-0.1, -0.05) is 13.8 Å². The minimum atomic E-state index is -0.265. The van der Waals surface area contributed by atoms with E-state index < -0.39 is 0 Å². The van der Waals surface area contributed by atoms with Gasteiger partial charge in [0.1, 0.15) is 0 Å². The molecule has 0 aliphatic rings. The average Bonchev–Trinajstić information content (AvgIpc) is 2.99. The summed E-state index contributed by atoms with van der Waals surface area (Å²) in [4.78, 5) is 17.2. The van der Waals surface area contributed by atoms with E-state index in [2.05, 4.69) is 17.2 Å². The quantitative estimate of drug-likeness (QED) is 0.789. The van der Waals surface area contributed by atoms with Gasteiger partial charge in [0.2, 0.25) is 0 Å². The van der Waals surface area contributed by atoms with E-state index in [1.54, 1.807) is 23.5 Å². The largest absolute Gasteiger partial charge is 0.462 e. The van der Waals surface area contributed by atoms with Crippen LogP contribution in [0.3, 0.4) is 0 Å². The van der Waals surface area contributed by atoms with Crippen LogP contribution < -0.4 is 5.32 Å². The second kappa shape index (κ2) is 7.78. The summed E-state index contributed by atoms with van der Waals surface area (Å²) in [6.07, 6.45) is 3.71. The minimum absolute atomic E-state index is 0.265. The van der Waals surface area contributed by atoms with Gasteiger partial charge in [-0.2, -0.15) is 0 Å². The maximum Gasteiger partial charge on any atom is 0.338 e. The van der Waals surface area contributed by atoms with Gasteiger partial charge in [0.05, 0.1) is 23.7 Å². The first-order chi connectivity index (χ1) is 10.2. The van der Waals surface area contributed by atoms with Crippen molar-refractivity contribution in [2.75, 3.05) is 11.9 Å². The Labute approximate surface area is 129 Å². The van der Waals surface area contributed by atoms with E-state index in [1.165, 1.54) is 4.88 Å². The number of rotatable bonds is 7. The zero-order valence-corrected chi connectivity index (χ0v) is 13.2. The van der Waals surface area contributed by atoms with Gasteiger partial charge in [-0.3, -0.25) is 0 Å². The van der Waals surface area contributed by atoms with Crippen molar-refractivity contribution in [3.63, 3.8) is 0 Å². The third kappa shape index (κ3) is 4.56. The number of thiazole rings is 1. The van der Waals surface area contributed by atoms with E-state index in [9.17, 15) is 4.79 Å². The topological polar surface area (TPSA) is 51.2 Å². The van der Waals surface area contributed by atoms with Crippen LogP contribution in [0, 0.1) is 0 Å². The Bertz CT molecular complexity index is 578. The van der Waals surface area contributed by atoms with Crippen molar-refractivity contribution in [2.24, 2.45) is 0 Å². The van der Waals surface area contributed by atoms with Crippen LogP contribution >= 0.6 is 11.3 Å². The number of esters is 1. The predicted octanol–water partition coefficient (Wildman–Crippen LogP) is 3.88. The number of benzene rings is 1. The van der Waals surface area contributed by atoms with Crippen molar-refractivity contribution >= 4 is 23.0 Å². The molecule has 0 amide bonds. The molecule has 5 heteroatoms. The maximum absolute atomic E-state index is 11.7. The summed E-state index contributed by atoms with van der Waals surface area (Å²) in [7, 11) is 0. The van der Waals surface area contributed by atoms with Gasteiger partial charge in [-0.05, 0) is 37.1 Å². The summed E-state index contributed by atoms with van der Waals surface area (Å²) in [5.41, 5.74) is 1.56. The highest BCUT2D eigenvalue weighted by molar-refractivity contribution is 7.11. The van der Waals surface area contributed by atoms with Crippen LogP contribution in [0.4, 0.5) is 5.69 Å². The van der Waals surface area contributed by atoms with Crippen molar-refractivity contribution in [1.82, 2.24) is 4.98 Å². The summed E-state index contributed by atoms with van der Waals surface area (Å²) in [5.74, 6) is -0.265. The van der Waals surface area contributed by atoms with Gasteiger partial charge in [0.25, 0.3) is 0 Å². The molecule has 112 valence electrons. The van der Waals surface area contributed by atoms with Crippen LogP contribution in [-0.4, -0.2) is 17.6 Å². The lowest BCUT2D eigenvalue weighted by Gasteiger charge is -2.06. The minimum Gasteiger partial charge on any atom is -0.462 e. The smallest absolute Gasteiger partial charge is 0.338 e. The number of hydrogen-bond donors (Lipinski definition) is 1. The SMILES string of the molecule is CCCOC(=O)c1ccc(NCc2cnc(CC)s2)cc1. The summed E-state index contributed by atoms with van der Waals surface area (Å²) in [5, 5.41) is 4.48. The molecule has 0 atom stereocenters. The van der Waals surface area contributed by atoms with Crippen molar-refractivity contribution in [3.05, 3.63) is 45.9 Å². The van der Waals surface area contributed by atoms with Crippen molar-refractivity contribution < 1.29 is 9.53 Å². The molecule has 0 spiro atoms. The molecule has 0 unspecified atom stereocenters. The van der Waals surface area contributed by atoms with Gasteiger partial charge >= 0.3 is 5.97 Å². The number of ether oxygens (including phenoxy) is 1. The van der Waals surface area contributed by atoms with E-state index in [1.807, 2.05) is 25.3 Å². The molecule has 0 fully saturated rings. The molecule has 0 aliphatic heterocycles. The molecule has 21 heavy (non-hydrogen) atoms. The van der Waals surface area contributed by atoms with Gasteiger partial charge < -0.3 is 10.1 Å². The third-order valence-corrected chi connectivity index (χ3v) is 4.07. The summed E-state index contributed by atoms with van der Waals surface area (Å²) in [6.45, 7) is 5.29. The Morgan fingerprint density at radius 2 is 2.05 bits per heavy atom. The van der Waals surface area contributed by atoms with Crippen LogP contribution in [0.1, 0.15) is 40.5 Å². The molecular weight excluding hydrogens is 284 g/mol. The van der Waals surface area contributed by atoms with Gasteiger partial charge in [0, 0.05) is 16.8 Å². The third-order valence-electron chi connectivity index (χ3n) is 2.93. The van der Waals surface area contributed by atoms with Gasteiger partial charge in [-0.15, -0.1) is 11.3 Å². The van der Waals surface area contributed by atoms with Crippen LogP contribution in [0.25, 0.3) is 0 Å². The zero-order chi connectivity index (χ0) is 15.1. The van der Waals surface area contributed by atoms with E-state index in [4.69, 9.17) is 4.74 Å².